The highest BCUT2D eigenvalue weighted by atomic mass is 32.1. The van der Waals surface area contributed by atoms with Crippen LogP contribution in [0.3, 0.4) is 0 Å². The van der Waals surface area contributed by atoms with Gasteiger partial charge in [0.25, 0.3) is 0 Å². The van der Waals surface area contributed by atoms with Crippen LogP contribution in [0.4, 0.5) is 0 Å². The van der Waals surface area contributed by atoms with Gasteiger partial charge in [0.15, 0.2) is 0 Å². The molecule has 0 saturated heterocycles. The van der Waals surface area contributed by atoms with Crippen LogP contribution in [0, 0.1) is 33.6 Å². The van der Waals surface area contributed by atoms with Crippen molar-refractivity contribution in [2.75, 3.05) is 7.05 Å². The predicted octanol–water partition coefficient (Wildman–Crippen LogP) is 14.2. The van der Waals surface area contributed by atoms with Crippen LogP contribution in [0.25, 0.3) is 16.7 Å². The van der Waals surface area contributed by atoms with Gasteiger partial charge >= 0.3 is 0 Å². The largest absolute Gasteiger partial charge is 0.317 e. The van der Waals surface area contributed by atoms with E-state index in [2.05, 4.69) is 143 Å². The number of nitrogens with one attached hydrogen (secondary N) is 1. The minimum Gasteiger partial charge on any atom is -0.317 e. The third-order valence-electron chi connectivity index (χ3n) is 9.54. The average Bonchev–Trinajstić information content (AvgIpc) is 3.12. The molecule has 48 heavy (non-hydrogen) atoms. The molecule has 266 valence electrons. The molecule has 0 amide bonds. The first-order chi connectivity index (χ1) is 22.8. The number of aryl methyl sites for hydroxylation is 4. The van der Waals surface area contributed by atoms with Crippen LogP contribution in [-0.4, -0.2) is 18.0 Å². The van der Waals surface area contributed by atoms with Gasteiger partial charge in [-0.1, -0.05) is 127 Å². The topological polar surface area (TPSA) is 12.0 Å². The zero-order valence-electron chi connectivity index (χ0n) is 33.7. The van der Waals surface area contributed by atoms with Crippen molar-refractivity contribution in [2.45, 2.75) is 141 Å². The van der Waals surface area contributed by atoms with Gasteiger partial charge in [-0.15, -0.1) is 0 Å². The van der Waals surface area contributed by atoms with Gasteiger partial charge in [-0.2, -0.15) is 0 Å². The van der Waals surface area contributed by atoms with Gasteiger partial charge in [-0.25, -0.2) is 0 Å². The highest BCUT2D eigenvalue weighted by Crippen LogP contribution is 2.29. The molecule has 1 aliphatic rings. The third-order valence-corrected chi connectivity index (χ3v) is 10.1. The van der Waals surface area contributed by atoms with Gasteiger partial charge in [-0.05, 0) is 161 Å². The van der Waals surface area contributed by atoms with Crippen LogP contribution in [0.2, 0.25) is 0 Å². The zero-order chi connectivity index (χ0) is 37.0. The molecule has 0 unspecified atom stereocenters. The molecule has 1 saturated carbocycles. The maximum absolute atomic E-state index is 5.34. The van der Waals surface area contributed by atoms with Crippen LogP contribution in [0.15, 0.2) is 72.3 Å². The Morgan fingerprint density at radius 1 is 0.750 bits per heavy atom. The van der Waals surface area contributed by atoms with Crippen molar-refractivity contribution in [1.29, 1.82) is 0 Å². The van der Waals surface area contributed by atoms with Gasteiger partial charge in [-0.3, -0.25) is 0 Å². The zero-order valence-corrected chi connectivity index (χ0v) is 34.5. The van der Waals surface area contributed by atoms with Crippen LogP contribution in [0.5, 0.6) is 0 Å². The Kier molecular flexibility index (Phi) is 22.9. The summed E-state index contributed by atoms with van der Waals surface area (Å²) in [6.07, 6.45) is 7.63. The van der Waals surface area contributed by atoms with Crippen molar-refractivity contribution in [2.24, 2.45) is 5.92 Å². The second-order valence-corrected chi connectivity index (χ2v) is 13.3. The first kappa shape index (κ1) is 45.2. The Balaban J connectivity index is 0.000000688. The van der Waals surface area contributed by atoms with E-state index in [1.54, 1.807) is 0 Å². The lowest BCUT2D eigenvalue weighted by Crippen LogP contribution is -2.29. The van der Waals surface area contributed by atoms with Gasteiger partial charge in [0.1, 0.15) is 0 Å². The molecule has 1 nitrogen and oxygen atoms in total. The molecule has 1 aliphatic carbocycles. The highest BCUT2D eigenvalue weighted by molar-refractivity contribution is 7.80. The van der Waals surface area contributed by atoms with E-state index in [0.717, 1.165) is 35.2 Å². The summed E-state index contributed by atoms with van der Waals surface area (Å²) in [4.78, 5) is 1.03. The molecule has 1 fully saturated rings. The standard InChI is InChI=1S/C18H20S.C16H22.C8H17N.2C2H6/c1-4-14-12-17(7-6-13(14)3)15-8-10-16(11-9-15)18(19)5-2;1-10(2)13(5)15(7)16-12(4)9-8-11(3)14(16)6;1-7-3-5-8(9-2)6-4-7;2*1-2/h6-12H,4-5H2,1-3H3;8-9H,1H2,2-7H3;7-9H,3-6H2,1-2H3;2*1-2H3/b;15-13+;;;. The lowest BCUT2D eigenvalue weighted by Gasteiger charge is -2.25. The van der Waals surface area contributed by atoms with E-state index in [0.29, 0.717) is 0 Å². The minimum absolute atomic E-state index is 0.821. The second kappa shape index (κ2) is 24.3. The number of hydrogen-bond donors (Lipinski definition) is 1. The molecule has 0 atom stereocenters. The smallest absolute Gasteiger partial charge is 0.0221 e. The molecule has 1 N–H and O–H groups in total. The summed E-state index contributed by atoms with van der Waals surface area (Å²) in [5, 5.41) is 3.32. The summed E-state index contributed by atoms with van der Waals surface area (Å²) in [5.74, 6) is 0.981. The van der Waals surface area contributed by atoms with Crippen molar-refractivity contribution < 1.29 is 0 Å². The first-order valence-corrected chi connectivity index (χ1v) is 19.1. The Labute approximate surface area is 303 Å². The Hall–Kier alpha value is -2.81. The highest BCUT2D eigenvalue weighted by Gasteiger charge is 2.15. The molecule has 4 rings (SSSR count). The van der Waals surface area contributed by atoms with E-state index in [4.69, 9.17) is 12.2 Å². The Morgan fingerprint density at radius 2 is 1.25 bits per heavy atom. The van der Waals surface area contributed by atoms with Crippen LogP contribution in [0.1, 0.15) is 140 Å². The first-order valence-electron chi connectivity index (χ1n) is 18.6. The van der Waals surface area contributed by atoms with Crippen molar-refractivity contribution in [3.63, 3.8) is 0 Å². The molecule has 0 radical (unpaired) electrons. The monoisotopic (exact) mass is 670 g/mol. The molecule has 2 heteroatoms. The maximum Gasteiger partial charge on any atom is 0.0221 e. The third kappa shape index (κ3) is 14.4. The van der Waals surface area contributed by atoms with Gasteiger partial charge in [0.05, 0.1) is 0 Å². The van der Waals surface area contributed by atoms with Crippen molar-refractivity contribution in [1.82, 2.24) is 5.32 Å². The lowest BCUT2D eigenvalue weighted by molar-refractivity contribution is 0.319. The summed E-state index contributed by atoms with van der Waals surface area (Å²) in [6, 6.07) is 20.5. The summed E-state index contributed by atoms with van der Waals surface area (Å²) >= 11 is 5.34. The van der Waals surface area contributed by atoms with Crippen molar-refractivity contribution in [3.8, 4) is 11.1 Å². The molecule has 0 bridgehead atoms. The van der Waals surface area contributed by atoms with E-state index in [1.165, 1.54) is 86.9 Å². The quantitative estimate of drug-likeness (QED) is 0.153. The van der Waals surface area contributed by atoms with Gasteiger partial charge < -0.3 is 5.32 Å². The molecule has 0 heterocycles. The molecular weight excluding hydrogens is 599 g/mol. The average molecular weight is 670 g/mol. The van der Waals surface area contributed by atoms with Gasteiger partial charge in [0.2, 0.25) is 0 Å². The summed E-state index contributed by atoms with van der Waals surface area (Å²) < 4.78 is 0. The molecule has 0 spiro atoms. The van der Waals surface area contributed by atoms with Crippen molar-refractivity contribution >= 4 is 22.7 Å². The van der Waals surface area contributed by atoms with Crippen LogP contribution in [-0.2, 0) is 6.42 Å². The second-order valence-electron chi connectivity index (χ2n) is 12.8. The summed E-state index contributed by atoms with van der Waals surface area (Å²) in [6.45, 7) is 33.8. The summed E-state index contributed by atoms with van der Waals surface area (Å²) in [7, 11) is 2.07. The van der Waals surface area contributed by atoms with E-state index >= 15 is 0 Å². The number of hydrogen-bond acceptors (Lipinski definition) is 2. The Morgan fingerprint density at radius 3 is 1.73 bits per heavy atom. The maximum atomic E-state index is 5.34. The number of allylic oxidation sites excluding steroid dienone is 3. The SMILES string of the molecule is C=C(C)/C(C)=C(\C)c1c(C)ccc(C)c1C.CC.CC.CCC(=S)c1ccc(-c2ccc(C)c(CC)c2)cc1.CNC1CCC(C)CC1. The van der Waals surface area contributed by atoms with E-state index in [-0.39, 0.29) is 0 Å². The molecular formula is C46H71NS. The fourth-order valence-electron chi connectivity index (χ4n) is 5.87. The van der Waals surface area contributed by atoms with Gasteiger partial charge in [0, 0.05) is 10.9 Å². The van der Waals surface area contributed by atoms with Crippen LogP contribution < -0.4 is 5.32 Å². The summed E-state index contributed by atoms with van der Waals surface area (Å²) in [5.41, 5.74) is 15.8. The van der Waals surface area contributed by atoms with E-state index < -0.39 is 0 Å². The molecule has 0 aliphatic heterocycles. The molecule has 3 aromatic carbocycles. The lowest BCUT2D eigenvalue weighted by atomic mass is 9.87. The van der Waals surface area contributed by atoms with Crippen LogP contribution >= 0.6 is 12.2 Å². The molecule has 3 aromatic rings. The fraction of sp³-hybridized carbons (Fsp3) is 0.500. The number of benzene rings is 3. The van der Waals surface area contributed by atoms with E-state index in [9.17, 15) is 0 Å². The number of thiocarbonyl (C=S) groups is 1. The molecule has 0 aromatic heterocycles. The van der Waals surface area contributed by atoms with Crippen molar-refractivity contribution in [3.05, 3.63) is 111 Å². The minimum atomic E-state index is 0.821. The fourth-order valence-corrected chi connectivity index (χ4v) is 6.01. The number of rotatable bonds is 7. The Bertz CT molecular complexity index is 1420. The van der Waals surface area contributed by atoms with E-state index in [1.807, 2.05) is 27.7 Å². The predicted molar refractivity (Wildman–Crippen MR) is 225 cm³/mol. The normalized spacial score (nSPS) is 15.4.